The quantitative estimate of drug-likeness (QED) is 0.777. The van der Waals surface area contributed by atoms with E-state index in [0.29, 0.717) is 6.54 Å². The third kappa shape index (κ3) is 3.71. The first-order valence-corrected chi connectivity index (χ1v) is 7.94. The molecule has 1 aromatic carbocycles. The Hall–Kier alpha value is -1.92. The molecule has 3 rings (SSSR count). The van der Waals surface area contributed by atoms with Crippen molar-refractivity contribution in [3.63, 3.8) is 0 Å². The van der Waals surface area contributed by atoms with Gasteiger partial charge in [-0.25, -0.2) is 0 Å². The standard InChI is InChI=1S/C17H22N2O4/c1-22-17(21)14-10-16(20)19(12-14)15-4-2-3-13(9-15)11-18-5-7-23-8-6-18/h2-4,9,14H,5-8,10-12H2,1H3. The molecule has 2 aliphatic heterocycles. The SMILES string of the molecule is COC(=O)C1CC(=O)N(c2cccc(CN3CCOCC3)c2)C1. The van der Waals surface area contributed by atoms with Gasteiger partial charge >= 0.3 is 5.97 Å². The number of hydrogen-bond acceptors (Lipinski definition) is 5. The van der Waals surface area contributed by atoms with Crippen LogP contribution in [0, 0.1) is 5.92 Å². The van der Waals surface area contributed by atoms with Crippen LogP contribution in [0.15, 0.2) is 24.3 Å². The normalized spacial score (nSPS) is 22.4. The van der Waals surface area contributed by atoms with E-state index in [0.717, 1.165) is 38.5 Å². The van der Waals surface area contributed by atoms with Crippen molar-refractivity contribution in [1.29, 1.82) is 0 Å². The van der Waals surface area contributed by atoms with Gasteiger partial charge in [-0.05, 0) is 17.7 Å². The molecule has 0 aromatic heterocycles. The summed E-state index contributed by atoms with van der Waals surface area (Å²) in [5, 5.41) is 0. The van der Waals surface area contributed by atoms with Gasteiger partial charge in [-0.1, -0.05) is 12.1 Å². The first kappa shape index (κ1) is 16.0. The zero-order valence-electron chi connectivity index (χ0n) is 13.4. The molecule has 124 valence electrons. The van der Waals surface area contributed by atoms with Gasteiger partial charge in [0.05, 0.1) is 26.2 Å². The number of ether oxygens (including phenoxy) is 2. The molecule has 2 fully saturated rings. The minimum absolute atomic E-state index is 0.0241. The van der Waals surface area contributed by atoms with Crippen molar-refractivity contribution in [2.24, 2.45) is 5.92 Å². The predicted octanol–water partition coefficient (Wildman–Crippen LogP) is 1.04. The van der Waals surface area contributed by atoms with Crippen molar-refractivity contribution in [1.82, 2.24) is 4.90 Å². The highest BCUT2D eigenvalue weighted by molar-refractivity contribution is 5.99. The molecule has 0 aliphatic carbocycles. The van der Waals surface area contributed by atoms with Crippen LogP contribution in [0.25, 0.3) is 0 Å². The van der Waals surface area contributed by atoms with Gasteiger partial charge in [0, 0.05) is 38.3 Å². The Bertz CT molecular complexity index is 584. The maximum absolute atomic E-state index is 12.2. The van der Waals surface area contributed by atoms with E-state index < -0.39 is 0 Å². The fourth-order valence-corrected chi connectivity index (χ4v) is 3.12. The second kappa shape index (κ2) is 7.10. The molecule has 2 heterocycles. The summed E-state index contributed by atoms with van der Waals surface area (Å²) in [6.07, 6.45) is 0.223. The van der Waals surface area contributed by atoms with Crippen LogP contribution in [0.5, 0.6) is 0 Å². The monoisotopic (exact) mass is 318 g/mol. The Morgan fingerprint density at radius 3 is 2.87 bits per heavy atom. The first-order chi connectivity index (χ1) is 11.2. The molecule has 1 atom stereocenters. The number of hydrogen-bond donors (Lipinski definition) is 0. The summed E-state index contributed by atoms with van der Waals surface area (Å²) < 4.78 is 10.1. The number of anilines is 1. The lowest BCUT2D eigenvalue weighted by Gasteiger charge is -2.27. The third-order valence-electron chi connectivity index (χ3n) is 4.39. The number of rotatable bonds is 4. The van der Waals surface area contributed by atoms with Gasteiger partial charge in [-0.2, -0.15) is 0 Å². The van der Waals surface area contributed by atoms with Crippen LogP contribution in [-0.4, -0.2) is 56.7 Å². The van der Waals surface area contributed by atoms with Crippen molar-refractivity contribution < 1.29 is 19.1 Å². The molecule has 6 nitrogen and oxygen atoms in total. The van der Waals surface area contributed by atoms with Crippen LogP contribution < -0.4 is 4.90 Å². The molecular weight excluding hydrogens is 296 g/mol. The lowest BCUT2D eigenvalue weighted by atomic mass is 10.1. The second-order valence-electron chi connectivity index (χ2n) is 5.99. The summed E-state index contributed by atoms with van der Waals surface area (Å²) >= 11 is 0. The van der Waals surface area contributed by atoms with Gasteiger partial charge in [0.15, 0.2) is 0 Å². The minimum Gasteiger partial charge on any atom is -0.469 e. The molecule has 6 heteroatoms. The zero-order chi connectivity index (χ0) is 16.2. The largest absolute Gasteiger partial charge is 0.469 e. The Morgan fingerprint density at radius 2 is 2.13 bits per heavy atom. The van der Waals surface area contributed by atoms with Gasteiger partial charge in [-0.3, -0.25) is 14.5 Å². The summed E-state index contributed by atoms with van der Waals surface area (Å²) in [4.78, 5) is 27.9. The molecule has 2 saturated heterocycles. The van der Waals surface area contributed by atoms with Gasteiger partial charge in [0.1, 0.15) is 0 Å². The average molecular weight is 318 g/mol. The van der Waals surface area contributed by atoms with E-state index in [9.17, 15) is 9.59 Å². The molecule has 1 unspecified atom stereocenters. The van der Waals surface area contributed by atoms with E-state index in [4.69, 9.17) is 9.47 Å². The molecular formula is C17H22N2O4. The number of esters is 1. The topological polar surface area (TPSA) is 59.1 Å². The number of nitrogens with zero attached hydrogens (tertiary/aromatic N) is 2. The van der Waals surface area contributed by atoms with Crippen LogP contribution in [0.3, 0.4) is 0 Å². The van der Waals surface area contributed by atoms with E-state index in [2.05, 4.69) is 11.0 Å². The molecule has 0 bridgehead atoms. The fraction of sp³-hybridized carbons (Fsp3) is 0.529. The molecule has 0 spiro atoms. The Kier molecular flexibility index (Phi) is 4.93. The number of carbonyl (C=O) groups is 2. The summed E-state index contributed by atoms with van der Waals surface area (Å²) in [6, 6.07) is 7.98. The maximum atomic E-state index is 12.2. The van der Waals surface area contributed by atoms with Crippen LogP contribution in [0.4, 0.5) is 5.69 Å². The predicted molar refractivity (Wildman–Crippen MR) is 85.0 cm³/mol. The highest BCUT2D eigenvalue weighted by Crippen LogP contribution is 2.26. The summed E-state index contributed by atoms with van der Waals surface area (Å²) in [6.45, 7) is 4.64. The second-order valence-corrected chi connectivity index (χ2v) is 5.99. The summed E-state index contributed by atoms with van der Waals surface area (Å²) in [5.74, 6) is -0.704. The Morgan fingerprint density at radius 1 is 1.35 bits per heavy atom. The van der Waals surface area contributed by atoms with E-state index in [1.165, 1.54) is 12.7 Å². The minimum atomic E-state index is -0.365. The Labute approximate surface area is 136 Å². The van der Waals surface area contributed by atoms with Crippen molar-refractivity contribution in [2.75, 3.05) is 44.9 Å². The number of methoxy groups -OCH3 is 1. The van der Waals surface area contributed by atoms with Gasteiger partial charge in [0.25, 0.3) is 0 Å². The fourth-order valence-electron chi connectivity index (χ4n) is 3.12. The lowest BCUT2D eigenvalue weighted by Crippen LogP contribution is -2.35. The maximum Gasteiger partial charge on any atom is 0.311 e. The van der Waals surface area contributed by atoms with Crippen LogP contribution >= 0.6 is 0 Å². The highest BCUT2D eigenvalue weighted by atomic mass is 16.5. The first-order valence-electron chi connectivity index (χ1n) is 7.94. The number of morpholine rings is 1. The molecule has 0 radical (unpaired) electrons. The molecule has 0 N–H and O–H groups in total. The number of amides is 1. The smallest absolute Gasteiger partial charge is 0.311 e. The van der Waals surface area contributed by atoms with Crippen LogP contribution in [0.2, 0.25) is 0 Å². The highest BCUT2D eigenvalue weighted by Gasteiger charge is 2.35. The van der Waals surface area contributed by atoms with Gasteiger partial charge in [-0.15, -0.1) is 0 Å². The van der Waals surface area contributed by atoms with Crippen molar-refractivity contribution in [3.8, 4) is 0 Å². The van der Waals surface area contributed by atoms with Crippen molar-refractivity contribution in [2.45, 2.75) is 13.0 Å². The van der Waals surface area contributed by atoms with Crippen molar-refractivity contribution >= 4 is 17.6 Å². The molecule has 23 heavy (non-hydrogen) atoms. The van der Waals surface area contributed by atoms with Gasteiger partial charge < -0.3 is 14.4 Å². The average Bonchev–Trinajstić information content (AvgIpc) is 2.97. The zero-order valence-corrected chi connectivity index (χ0v) is 13.4. The van der Waals surface area contributed by atoms with Crippen LogP contribution in [0.1, 0.15) is 12.0 Å². The van der Waals surface area contributed by atoms with E-state index in [-0.39, 0.29) is 24.2 Å². The third-order valence-corrected chi connectivity index (χ3v) is 4.39. The molecule has 2 aliphatic rings. The number of benzene rings is 1. The van der Waals surface area contributed by atoms with E-state index in [1.807, 2.05) is 18.2 Å². The Balaban J connectivity index is 1.69. The molecule has 1 amide bonds. The van der Waals surface area contributed by atoms with Crippen LogP contribution in [-0.2, 0) is 25.6 Å². The van der Waals surface area contributed by atoms with E-state index in [1.54, 1.807) is 4.90 Å². The van der Waals surface area contributed by atoms with Crippen molar-refractivity contribution in [3.05, 3.63) is 29.8 Å². The summed E-state index contributed by atoms with van der Waals surface area (Å²) in [5.41, 5.74) is 2.02. The number of carbonyl (C=O) groups excluding carboxylic acids is 2. The molecule has 0 saturated carbocycles. The molecule has 1 aromatic rings. The lowest BCUT2D eigenvalue weighted by molar-refractivity contribution is -0.145. The van der Waals surface area contributed by atoms with Gasteiger partial charge in [0.2, 0.25) is 5.91 Å². The summed E-state index contributed by atoms with van der Waals surface area (Å²) in [7, 11) is 1.36. The van der Waals surface area contributed by atoms with E-state index >= 15 is 0 Å².